The number of nitrogen functional groups attached to an aromatic ring is 1. The second-order valence-corrected chi connectivity index (χ2v) is 3.92. The highest BCUT2D eigenvalue weighted by molar-refractivity contribution is 5.92. The number of hydrogen-bond acceptors (Lipinski definition) is 3. The monoisotopic (exact) mass is 260 g/mol. The van der Waals surface area contributed by atoms with Crippen molar-refractivity contribution in [2.24, 2.45) is 0 Å². The summed E-state index contributed by atoms with van der Waals surface area (Å²) in [5.74, 6) is -0.226. The van der Waals surface area contributed by atoms with E-state index in [2.05, 4.69) is 5.32 Å². The summed E-state index contributed by atoms with van der Waals surface area (Å²) >= 11 is 0. The lowest BCUT2D eigenvalue weighted by atomic mass is 10.3. The second-order valence-electron chi connectivity index (χ2n) is 3.92. The van der Waals surface area contributed by atoms with Crippen molar-refractivity contribution in [1.82, 2.24) is 0 Å². The molecule has 4 nitrogen and oxygen atoms in total. The van der Waals surface area contributed by atoms with Crippen LogP contribution in [0, 0.1) is 5.82 Å². The van der Waals surface area contributed by atoms with Crippen molar-refractivity contribution in [2.75, 3.05) is 17.7 Å². The molecule has 2 aromatic carbocycles. The number of hydrogen-bond donors (Lipinski definition) is 2. The van der Waals surface area contributed by atoms with Crippen LogP contribution in [0.4, 0.5) is 15.8 Å². The number of carbonyl (C=O) groups is 1. The Balaban J connectivity index is 1.86. The van der Waals surface area contributed by atoms with E-state index in [0.29, 0.717) is 17.1 Å². The van der Waals surface area contributed by atoms with Gasteiger partial charge < -0.3 is 15.8 Å². The van der Waals surface area contributed by atoms with Gasteiger partial charge in [-0.25, -0.2) is 4.39 Å². The van der Waals surface area contributed by atoms with Crippen LogP contribution in [0.25, 0.3) is 0 Å². The largest absolute Gasteiger partial charge is 0.484 e. The third kappa shape index (κ3) is 3.99. The number of halogens is 1. The normalized spacial score (nSPS) is 9.95. The average Bonchev–Trinajstić information content (AvgIpc) is 2.38. The summed E-state index contributed by atoms with van der Waals surface area (Å²) in [4.78, 5) is 11.6. The molecule has 2 rings (SSSR count). The van der Waals surface area contributed by atoms with E-state index in [1.165, 1.54) is 24.3 Å². The molecule has 3 N–H and O–H groups in total. The Bertz CT molecular complexity index is 570. The summed E-state index contributed by atoms with van der Waals surface area (Å²) in [6.07, 6.45) is 0. The van der Waals surface area contributed by atoms with Gasteiger partial charge >= 0.3 is 0 Å². The molecule has 0 atom stereocenters. The van der Waals surface area contributed by atoms with Crippen molar-refractivity contribution in [3.63, 3.8) is 0 Å². The third-order valence-electron chi connectivity index (χ3n) is 2.35. The number of rotatable bonds is 4. The molecule has 0 bridgehead atoms. The molecule has 0 aliphatic heterocycles. The molecule has 0 heterocycles. The van der Waals surface area contributed by atoms with Gasteiger partial charge in [0, 0.05) is 11.4 Å². The summed E-state index contributed by atoms with van der Waals surface area (Å²) in [6, 6.07) is 12.3. The summed E-state index contributed by atoms with van der Waals surface area (Å²) in [6.45, 7) is -0.152. The van der Waals surface area contributed by atoms with Gasteiger partial charge in [-0.3, -0.25) is 4.79 Å². The lowest BCUT2D eigenvalue weighted by Gasteiger charge is -2.07. The Hall–Kier alpha value is -2.56. The van der Waals surface area contributed by atoms with E-state index >= 15 is 0 Å². The van der Waals surface area contributed by atoms with E-state index in [9.17, 15) is 9.18 Å². The Morgan fingerprint density at radius 2 is 1.95 bits per heavy atom. The first-order chi connectivity index (χ1) is 9.13. The van der Waals surface area contributed by atoms with Crippen molar-refractivity contribution in [3.8, 4) is 5.75 Å². The quantitative estimate of drug-likeness (QED) is 0.830. The van der Waals surface area contributed by atoms with Crippen LogP contribution in [0.1, 0.15) is 0 Å². The predicted molar refractivity (Wildman–Crippen MR) is 71.4 cm³/mol. The molecule has 0 aliphatic rings. The van der Waals surface area contributed by atoms with Gasteiger partial charge in [0.1, 0.15) is 11.6 Å². The van der Waals surface area contributed by atoms with Crippen LogP contribution < -0.4 is 15.8 Å². The van der Waals surface area contributed by atoms with Gasteiger partial charge in [-0.05, 0) is 42.5 Å². The van der Waals surface area contributed by atoms with E-state index in [1.54, 1.807) is 24.3 Å². The van der Waals surface area contributed by atoms with Crippen LogP contribution in [0.3, 0.4) is 0 Å². The molecule has 0 radical (unpaired) electrons. The fourth-order valence-electron chi connectivity index (χ4n) is 1.49. The zero-order valence-electron chi connectivity index (χ0n) is 10.1. The molecule has 5 heteroatoms. The number of carbonyl (C=O) groups excluding carboxylic acids is 1. The first-order valence-electron chi connectivity index (χ1n) is 5.67. The van der Waals surface area contributed by atoms with Crippen LogP contribution >= 0.6 is 0 Å². The molecule has 0 unspecified atom stereocenters. The Kier molecular flexibility index (Phi) is 3.97. The molecule has 0 saturated heterocycles. The predicted octanol–water partition coefficient (Wildman–Crippen LogP) is 2.43. The van der Waals surface area contributed by atoms with Crippen molar-refractivity contribution < 1.29 is 13.9 Å². The lowest BCUT2D eigenvalue weighted by Crippen LogP contribution is -2.20. The fraction of sp³-hybridized carbons (Fsp3) is 0.0714. The Morgan fingerprint density at radius 3 is 2.63 bits per heavy atom. The standard InChI is InChI=1S/C14H13FN2O2/c15-10-4-6-13(7-5-10)19-9-14(18)17-12-3-1-2-11(16)8-12/h1-8H,9,16H2,(H,17,18). The maximum Gasteiger partial charge on any atom is 0.262 e. The zero-order chi connectivity index (χ0) is 13.7. The van der Waals surface area contributed by atoms with Gasteiger partial charge in [-0.2, -0.15) is 0 Å². The van der Waals surface area contributed by atoms with Crippen LogP contribution in [-0.4, -0.2) is 12.5 Å². The highest BCUT2D eigenvalue weighted by atomic mass is 19.1. The van der Waals surface area contributed by atoms with Crippen LogP contribution in [0.15, 0.2) is 48.5 Å². The van der Waals surface area contributed by atoms with Crippen LogP contribution in [-0.2, 0) is 4.79 Å². The summed E-state index contributed by atoms with van der Waals surface area (Å²) in [5.41, 5.74) is 6.77. The highest BCUT2D eigenvalue weighted by Crippen LogP contribution is 2.13. The maximum atomic E-state index is 12.7. The van der Waals surface area contributed by atoms with E-state index in [-0.39, 0.29) is 18.3 Å². The molecule has 0 aliphatic carbocycles. The number of ether oxygens (including phenoxy) is 1. The molecule has 98 valence electrons. The average molecular weight is 260 g/mol. The van der Waals surface area contributed by atoms with E-state index in [1.807, 2.05) is 0 Å². The minimum atomic E-state index is -0.350. The Morgan fingerprint density at radius 1 is 1.21 bits per heavy atom. The number of anilines is 2. The molecule has 0 spiro atoms. The summed E-state index contributed by atoms with van der Waals surface area (Å²) < 4.78 is 17.9. The van der Waals surface area contributed by atoms with Gasteiger partial charge in [-0.15, -0.1) is 0 Å². The molecule has 0 saturated carbocycles. The van der Waals surface area contributed by atoms with Gasteiger partial charge in [-0.1, -0.05) is 6.07 Å². The first kappa shape index (κ1) is 12.9. The lowest BCUT2D eigenvalue weighted by molar-refractivity contribution is -0.118. The second kappa shape index (κ2) is 5.86. The molecular weight excluding hydrogens is 247 g/mol. The van der Waals surface area contributed by atoms with Gasteiger partial charge in [0.15, 0.2) is 6.61 Å². The van der Waals surface area contributed by atoms with Gasteiger partial charge in [0.05, 0.1) is 0 Å². The number of nitrogens with one attached hydrogen (secondary N) is 1. The van der Waals surface area contributed by atoms with E-state index in [0.717, 1.165) is 0 Å². The Labute approximate surface area is 110 Å². The van der Waals surface area contributed by atoms with Crippen LogP contribution in [0.2, 0.25) is 0 Å². The van der Waals surface area contributed by atoms with Crippen molar-refractivity contribution in [2.45, 2.75) is 0 Å². The SMILES string of the molecule is Nc1cccc(NC(=O)COc2ccc(F)cc2)c1. The molecule has 19 heavy (non-hydrogen) atoms. The molecule has 2 aromatic rings. The van der Waals surface area contributed by atoms with Crippen molar-refractivity contribution >= 4 is 17.3 Å². The number of amides is 1. The number of nitrogens with two attached hydrogens (primary N) is 1. The third-order valence-corrected chi connectivity index (χ3v) is 2.35. The first-order valence-corrected chi connectivity index (χ1v) is 5.67. The van der Waals surface area contributed by atoms with E-state index < -0.39 is 0 Å². The summed E-state index contributed by atoms with van der Waals surface area (Å²) in [5, 5.41) is 2.65. The topological polar surface area (TPSA) is 64.3 Å². The molecule has 1 amide bonds. The smallest absolute Gasteiger partial charge is 0.262 e. The zero-order valence-corrected chi connectivity index (χ0v) is 10.1. The molecule has 0 aromatic heterocycles. The minimum absolute atomic E-state index is 0.152. The van der Waals surface area contributed by atoms with Gasteiger partial charge in [0.25, 0.3) is 5.91 Å². The van der Waals surface area contributed by atoms with E-state index in [4.69, 9.17) is 10.5 Å². The van der Waals surface area contributed by atoms with Crippen molar-refractivity contribution in [3.05, 3.63) is 54.3 Å². The maximum absolute atomic E-state index is 12.7. The summed E-state index contributed by atoms with van der Waals surface area (Å²) in [7, 11) is 0. The van der Waals surface area contributed by atoms with Crippen LogP contribution in [0.5, 0.6) is 5.75 Å². The molecular formula is C14H13FN2O2. The minimum Gasteiger partial charge on any atom is -0.484 e. The highest BCUT2D eigenvalue weighted by Gasteiger charge is 2.04. The molecule has 0 fully saturated rings. The van der Waals surface area contributed by atoms with Gasteiger partial charge in [0.2, 0.25) is 0 Å². The number of benzene rings is 2. The van der Waals surface area contributed by atoms with Crippen molar-refractivity contribution in [1.29, 1.82) is 0 Å². The fourth-order valence-corrected chi connectivity index (χ4v) is 1.49.